The van der Waals surface area contributed by atoms with Gasteiger partial charge in [0.05, 0.1) is 7.11 Å². The number of ether oxygens (including phenoxy) is 1. The molecule has 2 aliphatic rings. The summed E-state index contributed by atoms with van der Waals surface area (Å²) in [6.45, 7) is 0. The molecule has 3 atom stereocenters. The van der Waals surface area contributed by atoms with Gasteiger partial charge in [-0.05, 0) is 54.7 Å². The number of hydrogen-bond acceptors (Lipinski definition) is 2. The van der Waals surface area contributed by atoms with Gasteiger partial charge in [-0.2, -0.15) is 0 Å². The second kappa shape index (κ2) is 5.12. The van der Waals surface area contributed by atoms with Crippen LogP contribution in [0.1, 0.15) is 31.2 Å². The van der Waals surface area contributed by atoms with Gasteiger partial charge in [-0.25, -0.2) is 4.39 Å². The van der Waals surface area contributed by atoms with E-state index in [9.17, 15) is 4.39 Å². The molecule has 2 N–H and O–H groups in total. The minimum Gasteiger partial charge on any atom is -0.494 e. The second-order valence-electron chi connectivity index (χ2n) is 6.03. The first-order valence-electron chi connectivity index (χ1n) is 7.28. The van der Waals surface area contributed by atoms with Crippen molar-refractivity contribution in [2.75, 3.05) is 7.11 Å². The van der Waals surface area contributed by atoms with Crippen LogP contribution in [0.2, 0.25) is 0 Å². The summed E-state index contributed by atoms with van der Waals surface area (Å²) in [5.41, 5.74) is 7.32. The van der Waals surface area contributed by atoms with E-state index >= 15 is 0 Å². The number of rotatable bonds is 4. The minimum atomic E-state index is -0.291. The minimum absolute atomic E-state index is 0.181. The Morgan fingerprint density at radius 1 is 1.32 bits per heavy atom. The van der Waals surface area contributed by atoms with Crippen molar-refractivity contribution in [3.63, 3.8) is 0 Å². The summed E-state index contributed by atoms with van der Waals surface area (Å²) < 4.78 is 18.6. The van der Waals surface area contributed by atoms with Gasteiger partial charge in [-0.3, -0.25) is 0 Å². The number of benzene rings is 1. The first-order chi connectivity index (χ1) is 9.20. The lowest BCUT2D eigenvalue weighted by molar-refractivity contribution is 0.386. The molecule has 3 unspecified atom stereocenters. The summed E-state index contributed by atoms with van der Waals surface area (Å²) in [7, 11) is 1.48. The lowest BCUT2D eigenvalue weighted by Crippen LogP contribution is -2.26. The van der Waals surface area contributed by atoms with Crippen molar-refractivity contribution in [1.29, 1.82) is 0 Å². The Labute approximate surface area is 114 Å². The molecule has 3 rings (SSSR count). The van der Waals surface area contributed by atoms with Crippen LogP contribution in [0, 0.1) is 23.6 Å². The zero-order valence-corrected chi connectivity index (χ0v) is 11.4. The molecule has 1 aromatic carbocycles. The zero-order valence-electron chi connectivity index (χ0n) is 11.4. The SMILES string of the molecule is COc1ccc(CC(N)C2C3CCCCC32)cc1F. The van der Waals surface area contributed by atoms with Crippen LogP contribution in [0.15, 0.2) is 18.2 Å². The molecular weight excluding hydrogens is 241 g/mol. The van der Waals surface area contributed by atoms with Crippen molar-refractivity contribution in [3.8, 4) is 5.75 Å². The Hall–Kier alpha value is -1.09. The third-order valence-corrected chi connectivity index (χ3v) is 4.90. The van der Waals surface area contributed by atoms with Gasteiger partial charge in [0, 0.05) is 6.04 Å². The smallest absolute Gasteiger partial charge is 0.165 e. The molecule has 0 heterocycles. The van der Waals surface area contributed by atoms with Gasteiger partial charge >= 0.3 is 0 Å². The summed E-state index contributed by atoms with van der Waals surface area (Å²) in [6.07, 6.45) is 6.20. The van der Waals surface area contributed by atoms with Crippen molar-refractivity contribution < 1.29 is 9.13 Å². The largest absolute Gasteiger partial charge is 0.494 e. The van der Waals surface area contributed by atoms with E-state index < -0.39 is 0 Å². The Bertz CT molecular complexity index is 450. The number of fused-ring (bicyclic) bond motifs is 1. The Morgan fingerprint density at radius 3 is 2.58 bits per heavy atom. The van der Waals surface area contributed by atoms with Crippen LogP contribution < -0.4 is 10.5 Å². The van der Waals surface area contributed by atoms with Crippen LogP contribution in [-0.2, 0) is 6.42 Å². The van der Waals surface area contributed by atoms with E-state index in [2.05, 4.69) is 0 Å². The lowest BCUT2D eigenvalue weighted by atomic mass is 10.0. The maximum atomic E-state index is 13.6. The average molecular weight is 263 g/mol. The van der Waals surface area contributed by atoms with Crippen molar-refractivity contribution in [1.82, 2.24) is 0 Å². The van der Waals surface area contributed by atoms with E-state index in [1.54, 1.807) is 12.1 Å². The first-order valence-corrected chi connectivity index (χ1v) is 7.28. The summed E-state index contributed by atoms with van der Waals surface area (Å²) in [5.74, 6) is 2.39. The number of halogens is 1. The van der Waals surface area contributed by atoms with E-state index in [-0.39, 0.29) is 11.9 Å². The molecule has 2 aliphatic carbocycles. The van der Waals surface area contributed by atoms with Crippen molar-refractivity contribution >= 4 is 0 Å². The van der Waals surface area contributed by atoms with Crippen LogP contribution >= 0.6 is 0 Å². The maximum Gasteiger partial charge on any atom is 0.165 e. The highest BCUT2D eigenvalue weighted by atomic mass is 19.1. The van der Waals surface area contributed by atoms with Crippen LogP contribution in [0.5, 0.6) is 5.75 Å². The normalized spacial score (nSPS) is 30.6. The molecule has 3 heteroatoms. The molecule has 0 bridgehead atoms. The fraction of sp³-hybridized carbons (Fsp3) is 0.625. The predicted molar refractivity (Wildman–Crippen MR) is 73.6 cm³/mol. The number of nitrogens with two attached hydrogens (primary N) is 1. The fourth-order valence-corrected chi connectivity index (χ4v) is 3.93. The van der Waals surface area contributed by atoms with Gasteiger partial charge in [0.25, 0.3) is 0 Å². The molecule has 2 saturated carbocycles. The van der Waals surface area contributed by atoms with Crippen LogP contribution in [0.25, 0.3) is 0 Å². The van der Waals surface area contributed by atoms with E-state index in [0.717, 1.165) is 23.8 Å². The summed E-state index contributed by atoms with van der Waals surface area (Å²) in [5, 5.41) is 0. The third-order valence-electron chi connectivity index (χ3n) is 4.90. The molecule has 0 spiro atoms. The van der Waals surface area contributed by atoms with Gasteiger partial charge in [0.1, 0.15) is 0 Å². The zero-order chi connectivity index (χ0) is 13.4. The Morgan fingerprint density at radius 2 is 2.00 bits per heavy atom. The molecule has 1 aromatic rings. The summed E-state index contributed by atoms with van der Waals surface area (Å²) >= 11 is 0. The topological polar surface area (TPSA) is 35.2 Å². The van der Waals surface area contributed by atoms with Gasteiger partial charge in [-0.1, -0.05) is 18.9 Å². The van der Waals surface area contributed by atoms with Crippen molar-refractivity contribution in [2.24, 2.45) is 23.5 Å². The molecule has 2 nitrogen and oxygen atoms in total. The molecule has 104 valence electrons. The molecule has 0 aromatic heterocycles. The molecule has 0 radical (unpaired) electrons. The van der Waals surface area contributed by atoms with Gasteiger partial charge in [-0.15, -0.1) is 0 Å². The van der Waals surface area contributed by atoms with E-state index in [0.29, 0.717) is 11.7 Å². The highest BCUT2D eigenvalue weighted by Gasteiger charge is 2.52. The van der Waals surface area contributed by atoms with Crippen molar-refractivity contribution in [2.45, 2.75) is 38.1 Å². The first kappa shape index (κ1) is 12.9. The highest BCUT2D eigenvalue weighted by Crippen LogP contribution is 2.56. The number of hydrogen-bond donors (Lipinski definition) is 1. The monoisotopic (exact) mass is 263 g/mol. The van der Waals surface area contributed by atoms with Gasteiger partial charge in [0.15, 0.2) is 11.6 Å². The Balaban J connectivity index is 1.63. The second-order valence-corrected chi connectivity index (χ2v) is 6.03. The summed E-state index contributed by atoms with van der Waals surface area (Å²) in [6, 6.07) is 5.36. The van der Waals surface area contributed by atoms with Gasteiger partial charge < -0.3 is 10.5 Å². The van der Waals surface area contributed by atoms with Gasteiger partial charge in [0.2, 0.25) is 0 Å². The highest BCUT2D eigenvalue weighted by molar-refractivity contribution is 5.30. The molecule has 0 aliphatic heterocycles. The molecule has 2 fully saturated rings. The van der Waals surface area contributed by atoms with Crippen LogP contribution in [0.4, 0.5) is 4.39 Å². The average Bonchev–Trinajstić information content (AvgIpc) is 3.13. The van der Waals surface area contributed by atoms with E-state index in [4.69, 9.17) is 10.5 Å². The molecule has 0 saturated heterocycles. The fourth-order valence-electron chi connectivity index (χ4n) is 3.93. The van der Waals surface area contributed by atoms with Crippen molar-refractivity contribution in [3.05, 3.63) is 29.6 Å². The Kier molecular flexibility index (Phi) is 3.48. The molecular formula is C16H22FNO. The predicted octanol–water partition coefficient (Wildman–Crippen LogP) is 3.14. The molecule has 0 amide bonds. The van der Waals surface area contributed by atoms with Crippen LogP contribution in [0.3, 0.4) is 0 Å². The molecule has 19 heavy (non-hydrogen) atoms. The maximum absolute atomic E-state index is 13.6. The third kappa shape index (κ3) is 2.48. The van der Waals surface area contributed by atoms with E-state index in [1.165, 1.54) is 32.8 Å². The lowest BCUT2D eigenvalue weighted by Gasteiger charge is -2.12. The standard InChI is InChI=1S/C16H22FNO/c1-19-15-7-6-10(8-13(15)17)9-14(18)16-11-4-2-3-5-12(11)16/h6-8,11-12,14,16H,2-5,9,18H2,1H3. The summed E-state index contributed by atoms with van der Waals surface area (Å²) in [4.78, 5) is 0. The quantitative estimate of drug-likeness (QED) is 0.905. The van der Waals surface area contributed by atoms with Crippen LogP contribution in [-0.4, -0.2) is 13.2 Å². The van der Waals surface area contributed by atoms with E-state index in [1.807, 2.05) is 6.07 Å². The number of methoxy groups -OCH3 is 1.